The Morgan fingerprint density at radius 3 is 2.46 bits per heavy atom. The van der Waals surface area contributed by atoms with Crippen LogP contribution < -0.4 is 5.32 Å². The van der Waals surface area contributed by atoms with Gasteiger partial charge in [-0.3, -0.25) is 9.36 Å². The summed E-state index contributed by atoms with van der Waals surface area (Å²) in [5.74, 6) is 1.14. The van der Waals surface area contributed by atoms with E-state index in [1.807, 2.05) is 53.1 Å². The number of hydrogen-bond donors (Lipinski definition) is 1. The minimum Gasteiger partial charge on any atom is -0.345 e. The number of rotatable bonds is 10. The molecule has 0 fully saturated rings. The maximum atomic E-state index is 12.8. The van der Waals surface area contributed by atoms with Crippen molar-refractivity contribution in [1.82, 2.24) is 20.1 Å². The van der Waals surface area contributed by atoms with Crippen LogP contribution in [0.2, 0.25) is 10.0 Å². The van der Waals surface area contributed by atoms with E-state index in [0.717, 1.165) is 25.0 Å². The number of carbonyl (C=O) groups excluding carboxylic acids is 1. The lowest BCUT2D eigenvalue weighted by Crippen LogP contribution is -2.24. The summed E-state index contributed by atoms with van der Waals surface area (Å²) in [7, 11) is 0. The molecule has 0 aliphatic carbocycles. The molecule has 0 aliphatic heterocycles. The zero-order valence-electron chi connectivity index (χ0n) is 19.4. The molecule has 1 N–H and O–H groups in total. The molecule has 0 bridgehead atoms. The molecule has 0 spiro atoms. The minimum absolute atomic E-state index is 0.165. The number of hydrogen-bond acceptors (Lipinski definition) is 4. The van der Waals surface area contributed by atoms with Gasteiger partial charge in [-0.05, 0) is 54.3 Å². The Bertz CT molecular complexity index is 1280. The Morgan fingerprint density at radius 1 is 0.971 bits per heavy atom. The number of nitrogens with zero attached hydrogens (tertiary/aromatic N) is 3. The highest BCUT2D eigenvalue weighted by molar-refractivity contribution is 7.98. The van der Waals surface area contributed by atoms with Gasteiger partial charge in [0.25, 0.3) is 5.91 Å². The van der Waals surface area contributed by atoms with Crippen molar-refractivity contribution in [2.45, 2.75) is 43.6 Å². The number of aromatic nitrogens is 3. The van der Waals surface area contributed by atoms with Gasteiger partial charge in [0.15, 0.2) is 11.0 Å². The number of benzene rings is 3. The topological polar surface area (TPSA) is 59.8 Å². The van der Waals surface area contributed by atoms with E-state index in [0.29, 0.717) is 32.3 Å². The number of thioether (sulfide) groups is 1. The van der Waals surface area contributed by atoms with Gasteiger partial charge in [0.2, 0.25) is 0 Å². The van der Waals surface area contributed by atoms with E-state index in [2.05, 4.69) is 34.6 Å². The van der Waals surface area contributed by atoms with E-state index < -0.39 is 0 Å². The first-order chi connectivity index (χ1) is 17.0. The highest BCUT2D eigenvalue weighted by Gasteiger charge is 2.18. The van der Waals surface area contributed by atoms with Crippen LogP contribution in [0.4, 0.5) is 0 Å². The molecular formula is C27H26Cl2N4OS. The van der Waals surface area contributed by atoms with E-state index in [4.69, 9.17) is 23.2 Å². The second-order valence-electron chi connectivity index (χ2n) is 8.09. The molecule has 5 nitrogen and oxygen atoms in total. The Balaban J connectivity index is 1.53. The van der Waals surface area contributed by atoms with Crippen molar-refractivity contribution in [3.05, 3.63) is 105 Å². The van der Waals surface area contributed by atoms with Crippen LogP contribution in [0.1, 0.15) is 47.1 Å². The van der Waals surface area contributed by atoms with Crippen LogP contribution in [0, 0.1) is 0 Å². The summed E-state index contributed by atoms with van der Waals surface area (Å²) in [6.45, 7) is 2.37. The summed E-state index contributed by atoms with van der Waals surface area (Å²) in [6, 6.07) is 23.2. The van der Waals surface area contributed by atoms with Crippen LogP contribution in [0.15, 0.2) is 78.0 Å². The SMILES string of the molecule is CCCCc1ccc(C(=O)NCc2nnc(SCc3ccccc3)n2-c2ccc(Cl)cc2Cl)cc1. The molecule has 180 valence electrons. The normalized spacial score (nSPS) is 10.9. The van der Waals surface area contributed by atoms with Gasteiger partial charge in [0.05, 0.1) is 17.3 Å². The number of aryl methyl sites for hydroxylation is 1. The number of nitrogens with one attached hydrogen (secondary N) is 1. The zero-order valence-corrected chi connectivity index (χ0v) is 21.7. The van der Waals surface area contributed by atoms with Gasteiger partial charge in [-0.25, -0.2) is 0 Å². The minimum atomic E-state index is -0.165. The second-order valence-corrected chi connectivity index (χ2v) is 9.87. The summed E-state index contributed by atoms with van der Waals surface area (Å²) < 4.78 is 1.88. The Morgan fingerprint density at radius 2 is 1.74 bits per heavy atom. The Hall–Kier alpha value is -2.80. The maximum Gasteiger partial charge on any atom is 0.251 e. The molecule has 0 saturated carbocycles. The third-order valence-electron chi connectivity index (χ3n) is 5.50. The highest BCUT2D eigenvalue weighted by Crippen LogP contribution is 2.30. The standard InChI is InChI=1S/C27H26Cl2N4OS/c1-2-3-7-19-10-12-21(13-11-19)26(34)30-17-25-31-32-27(35-18-20-8-5-4-6-9-20)33(25)24-15-14-22(28)16-23(24)29/h4-6,8-16H,2-3,7,17-18H2,1H3,(H,30,34). The summed E-state index contributed by atoms with van der Waals surface area (Å²) in [4.78, 5) is 12.8. The molecule has 3 aromatic carbocycles. The fourth-order valence-corrected chi connectivity index (χ4v) is 5.01. The lowest BCUT2D eigenvalue weighted by atomic mass is 10.1. The molecule has 35 heavy (non-hydrogen) atoms. The number of halogens is 2. The van der Waals surface area contributed by atoms with E-state index >= 15 is 0 Å². The van der Waals surface area contributed by atoms with Crippen molar-refractivity contribution in [1.29, 1.82) is 0 Å². The molecule has 1 heterocycles. The zero-order chi connectivity index (χ0) is 24.6. The van der Waals surface area contributed by atoms with Crippen LogP contribution in [0.5, 0.6) is 0 Å². The first-order valence-electron chi connectivity index (χ1n) is 11.5. The van der Waals surface area contributed by atoms with Crippen molar-refractivity contribution in [3.63, 3.8) is 0 Å². The largest absolute Gasteiger partial charge is 0.345 e. The van der Waals surface area contributed by atoms with Gasteiger partial charge in [-0.15, -0.1) is 10.2 Å². The Labute approximate surface area is 219 Å². The van der Waals surface area contributed by atoms with Crippen LogP contribution in [-0.2, 0) is 18.7 Å². The van der Waals surface area contributed by atoms with Crippen molar-refractivity contribution in [2.24, 2.45) is 0 Å². The molecule has 1 aromatic heterocycles. The fraction of sp³-hybridized carbons (Fsp3) is 0.222. The highest BCUT2D eigenvalue weighted by atomic mass is 35.5. The number of unbranched alkanes of at least 4 members (excludes halogenated alkanes) is 1. The number of amides is 1. The molecule has 4 rings (SSSR count). The van der Waals surface area contributed by atoms with Crippen molar-refractivity contribution in [3.8, 4) is 5.69 Å². The fourth-order valence-electron chi connectivity index (χ4n) is 3.60. The van der Waals surface area contributed by atoms with Gasteiger partial charge in [-0.2, -0.15) is 0 Å². The first kappa shape index (κ1) is 25.3. The van der Waals surface area contributed by atoms with E-state index in [-0.39, 0.29) is 12.5 Å². The summed E-state index contributed by atoms with van der Waals surface area (Å²) in [6.07, 6.45) is 3.30. The maximum absolute atomic E-state index is 12.8. The lowest BCUT2D eigenvalue weighted by molar-refractivity contribution is 0.0949. The van der Waals surface area contributed by atoms with E-state index in [9.17, 15) is 4.79 Å². The molecular weight excluding hydrogens is 499 g/mol. The smallest absolute Gasteiger partial charge is 0.251 e. The van der Waals surface area contributed by atoms with Crippen molar-refractivity contribution in [2.75, 3.05) is 0 Å². The molecule has 0 aliphatic rings. The Kier molecular flexibility index (Phi) is 8.85. The summed E-state index contributed by atoms with van der Waals surface area (Å²) in [5.41, 5.74) is 3.73. The summed E-state index contributed by atoms with van der Waals surface area (Å²) >= 11 is 14.2. The lowest BCUT2D eigenvalue weighted by Gasteiger charge is -2.13. The summed E-state index contributed by atoms with van der Waals surface area (Å²) in [5, 5.41) is 13.4. The average Bonchev–Trinajstić information content (AvgIpc) is 3.28. The third kappa shape index (κ3) is 6.66. The van der Waals surface area contributed by atoms with Crippen molar-refractivity contribution < 1.29 is 4.79 Å². The predicted octanol–water partition coefficient (Wildman–Crippen LogP) is 7.14. The van der Waals surface area contributed by atoms with Crippen LogP contribution in [0.3, 0.4) is 0 Å². The van der Waals surface area contributed by atoms with Crippen LogP contribution in [0.25, 0.3) is 5.69 Å². The van der Waals surface area contributed by atoms with Crippen molar-refractivity contribution >= 4 is 40.9 Å². The van der Waals surface area contributed by atoms with Crippen LogP contribution >= 0.6 is 35.0 Å². The molecule has 0 unspecified atom stereocenters. The second kappa shape index (κ2) is 12.2. The van der Waals surface area contributed by atoms with Gasteiger partial charge < -0.3 is 5.32 Å². The average molecular weight is 526 g/mol. The van der Waals surface area contributed by atoms with Gasteiger partial charge in [0.1, 0.15) is 0 Å². The van der Waals surface area contributed by atoms with E-state index in [1.165, 1.54) is 11.1 Å². The van der Waals surface area contributed by atoms with E-state index in [1.54, 1.807) is 23.9 Å². The molecule has 4 aromatic rings. The molecule has 8 heteroatoms. The molecule has 0 atom stereocenters. The molecule has 0 saturated heterocycles. The van der Waals surface area contributed by atoms with Gasteiger partial charge in [-0.1, -0.05) is 90.8 Å². The third-order valence-corrected chi connectivity index (χ3v) is 7.04. The van der Waals surface area contributed by atoms with Gasteiger partial charge in [0, 0.05) is 16.3 Å². The monoisotopic (exact) mass is 524 g/mol. The molecule has 1 amide bonds. The quantitative estimate of drug-likeness (QED) is 0.224. The first-order valence-corrected chi connectivity index (χ1v) is 13.2. The number of carbonyl (C=O) groups is 1. The van der Waals surface area contributed by atoms with Crippen LogP contribution in [-0.4, -0.2) is 20.7 Å². The molecule has 0 radical (unpaired) electrons. The predicted molar refractivity (Wildman–Crippen MR) is 144 cm³/mol. The van der Waals surface area contributed by atoms with Gasteiger partial charge >= 0.3 is 0 Å².